The fourth-order valence-electron chi connectivity index (χ4n) is 4.28. The highest BCUT2D eigenvalue weighted by Gasteiger charge is 2.55. The van der Waals surface area contributed by atoms with Gasteiger partial charge in [-0.05, 0) is 24.8 Å². The van der Waals surface area contributed by atoms with Gasteiger partial charge in [-0.25, -0.2) is 19.3 Å². The number of halogens is 2. The SMILES string of the molecule is Nc1ncnc2c1ncn2CC(=O)N1[C@@H]2C[C@@H]2C[C@H]1C(=O)NCc1cccc(Cl)c1F. The summed E-state index contributed by atoms with van der Waals surface area (Å²) in [4.78, 5) is 39.8. The number of nitrogens with two attached hydrogens (primary N) is 1. The number of anilines is 1. The minimum Gasteiger partial charge on any atom is -0.382 e. The van der Waals surface area contributed by atoms with Crippen LogP contribution in [0.15, 0.2) is 30.9 Å². The van der Waals surface area contributed by atoms with Crippen LogP contribution in [0.5, 0.6) is 0 Å². The Hall–Kier alpha value is -3.27. The lowest BCUT2D eigenvalue weighted by Crippen LogP contribution is -2.48. The van der Waals surface area contributed by atoms with Crippen molar-refractivity contribution >= 4 is 40.4 Å². The number of rotatable bonds is 5. The molecular weight excluding hydrogens is 425 g/mol. The minimum atomic E-state index is -0.590. The lowest BCUT2D eigenvalue weighted by molar-refractivity contribution is -0.140. The van der Waals surface area contributed by atoms with Crippen LogP contribution >= 0.6 is 11.6 Å². The van der Waals surface area contributed by atoms with Crippen LogP contribution in [0.2, 0.25) is 5.02 Å². The van der Waals surface area contributed by atoms with Gasteiger partial charge in [-0.3, -0.25) is 9.59 Å². The molecule has 3 aromatic rings. The van der Waals surface area contributed by atoms with Crippen molar-refractivity contribution in [3.8, 4) is 0 Å². The summed E-state index contributed by atoms with van der Waals surface area (Å²) in [5, 5.41) is 2.75. The number of aromatic nitrogens is 4. The number of hydrogen-bond acceptors (Lipinski definition) is 6. The average Bonchev–Trinajstić information content (AvgIpc) is 3.21. The molecule has 3 atom stereocenters. The van der Waals surface area contributed by atoms with Gasteiger partial charge in [0.15, 0.2) is 11.5 Å². The number of piperidine rings is 1. The Balaban J connectivity index is 1.30. The number of hydrogen-bond donors (Lipinski definition) is 2. The highest BCUT2D eigenvalue weighted by Crippen LogP contribution is 2.48. The molecule has 1 saturated heterocycles. The molecule has 2 amide bonds. The number of nitrogen functional groups attached to an aromatic ring is 1. The van der Waals surface area contributed by atoms with Crippen LogP contribution in [0.1, 0.15) is 18.4 Å². The van der Waals surface area contributed by atoms with Gasteiger partial charge >= 0.3 is 0 Å². The van der Waals surface area contributed by atoms with Crippen molar-refractivity contribution in [2.45, 2.75) is 38.0 Å². The number of amides is 2. The van der Waals surface area contributed by atoms with Crippen LogP contribution < -0.4 is 11.1 Å². The molecule has 3 heterocycles. The second-order valence-corrected chi connectivity index (χ2v) is 8.26. The first-order valence-corrected chi connectivity index (χ1v) is 10.2. The Morgan fingerprint density at radius 2 is 2.10 bits per heavy atom. The number of nitrogens with zero attached hydrogens (tertiary/aromatic N) is 5. The molecule has 0 spiro atoms. The van der Waals surface area contributed by atoms with Crippen LogP contribution in [0.4, 0.5) is 10.2 Å². The Kier molecular flexibility index (Phi) is 4.73. The number of imidazole rings is 1. The summed E-state index contributed by atoms with van der Waals surface area (Å²) in [5.41, 5.74) is 6.99. The summed E-state index contributed by atoms with van der Waals surface area (Å²) in [6, 6.07) is 4.10. The van der Waals surface area contributed by atoms with Gasteiger partial charge in [0.25, 0.3) is 0 Å². The van der Waals surface area contributed by atoms with Crippen molar-refractivity contribution in [1.82, 2.24) is 29.7 Å². The monoisotopic (exact) mass is 443 g/mol. The number of benzene rings is 1. The maximum atomic E-state index is 14.1. The third-order valence-corrected chi connectivity index (χ3v) is 6.21. The molecule has 2 aromatic heterocycles. The molecule has 0 bridgehead atoms. The van der Waals surface area contributed by atoms with Crippen molar-refractivity contribution in [3.63, 3.8) is 0 Å². The van der Waals surface area contributed by atoms with Crippen LogP contribution in [0, 0.1) is 11.7 Å². The molecule has 1 aliphatic carbocycles. The Labute approximate surface area is 181 Å². The molecule has 5 rings (SSSR count). The molecule has 1 aliphatic heterocycles. The summed E-state index contributed by atoms with van der Waals surface area (Å²) in [5.74, 6) is -0.497. The first kappa shape index (κ1) is 19.7. The van der Waals surface area contributed by atoms with Gasteiger partial charge < -0.3 is 20.5 Å². The van der Waals surface area contributed by atoms with Crippen molar-refractivity contribution < 1.29 is 14.0 Å². The average molecular weight is 444 g/mol. The van der Waals surface area contributed by atoms with Crippen LogP contribution in [0.3, 0.4) is 0 Å². The maximum absolute atomic E-state index is 14.1. The van der Waals surface area contributed by atoms with Crippen molar-refractivity contribution in [3.05, 3.63) is 47.3 Å². The van der Waals surface area contributed by atoms with Gasteiger partial charge in [-0.2, -0.15) is 0 Å². The van der Waals surface area contributed by atoms with Crippen molar-refractivity contribution in [2.24, 2.45) is 5.92 Å². The smallest absolute Gasteiger partial charge is 0.243 e. The summed E-state index contributed by atoms with van der Waals surface area (Å²) < 4.78 is 15.7. The van der Waals surface area contributed by atoms with Gasteiger partial charge in [-0.15, -0.1) is 0 Å². The van der Waals surface area contributed by atoms with Gasteiger partial charge in [-0.1, -0.05) is 23.7 Å². The molecule has 160 valence electrons. The fraction of sp³-hybridized carbons (Fsp3) is 0.350. The molecule has 2 fully saturated rings. The first-order chi connectivity index (χ1) is 14.9. The molecule has 1 aromatic carbocycles. The van der Waals surface area contributed by atoms with E-state index >= 15 is 0 Å². The van der Waals surface area contributed by atoms with E-state index in [1.165, 1.54) is 18.7 Å². The molecule has 0 unspecified atom stereocenters. The number of nitrogens with one attached hydrogen (secondary N) is 1. The van der Waals surface area contributed by atoms with Crippen molar-refractivity contribution in [1.29, 1.82) is 0 Å². The lowest BCUT2D eigenvalue weighted by atomic mass is 10.1. The first-order valence-electron chi connectivity index (χ1n) is 9.87. The third-order valence-electron chi connectivity index (χ3n) is 5.91. The lowest BCUT2D eigenvalue weighted by Gasteiger charge is -2.27. The fourth-order valence-corrected chi connectivity index (χ4v) is 4.47. The topological polar surface area (TPSA) is 119 Å². The molecule has 3 N–H and O–H groups in total. The Morgan fingerprint density at radius 3 is 2.94 bits per heavy atom. The zero-order valence-corrected chi connectivity index (χ0v) is 17.1. The van der Waals surface area contributed by atoms with E-state index in [1.54, 1.807) is 21.6 Å². The molecule has 2 aliphatic rings. The van der Waals surface area contributed by atoms with E-state index in [9.17, 15) is 14.0 Å². The highest BCUT2D eigenvalue weighted by atomic mass is 35.5. The molecule has 31 heavy (non-hydrogen) atoms. The normalized spacial score (nSPS) is 21.9. The van der Waals surface area contributed by atoms with Gasteiger partial charge in [0, 0.05) is 18.2 Å². The molecular formula is C20H19ClFN7O2. The van der Waals surface area contributed by atoms with E-state index in [2.05, 4.69) is 20.3 Å². The predicted molar refractivity (Wildman–Crippen MR) is 110 cm³/mol. The summed E-state index contributed by atoms with van der Waals surface area (Å²) >= 11 is 5.80. The minimum absolute atomic E-state index is 0.00143. The molecule has 1 saturated carbocycles. The molecule has 11 heteroatoms. The third kappa shape index (κ3) is 3.46. The summed E-state index contributed by atoms with van der Waals surface area (Å²) in [7, 11) is 0. The second-order valence-electron chi connectivity index (χ2n) is 7.85. The quantitative estimate of drug-likeness (QED) is 0.617. The van der Waals surface area contributed by atoms with E-state index in [1.807, 2.05) is 0 Å². The van der Waals surface area contributed by atoms with Crippen LogP contribution in [0.25, 0.3) is 11.2 Å². The predicted octanol–water partition coefficient (Wildman–Crippen LogP) is 1.51. The second kappa shape index (κ2) is 7.45. The van der Waals surface area contributed by atoms with Crippen molar-refractivity contribution in [2.75, 3.05) is 5.73 Å². The molecule has 0 radical (unpaired) electrons. The summed E-state index contributed by atoms with van der Waals surface area (Å²) in [6.45, 7) is -0.00960. The zero-order chi connectivity index (χ0) is 21.7. The highest BCUT2D eigenvalue weighted by molar-refractivity contribution is 6.30. The number of fused-ring (bicyclic) bond motifs is 2. The zero-order valence-electron chi connectivity index (χ0n) is 16.3. The van der Waals surface area contributed by atoms with E-state index < -0.39 is 11.9 Å². The number of carbonyl (C=O) groups excluding carboxylic acids is 2. The summed E-state index contributed by atoms with van der Waals surface area (Å²) in [6.07, 6.45) is 4.29. The van der Waals surface area contributed by atoms with Gasteiger partial charge in [0.1, 0.15) is 30.2 Å². The standard InChI is InChI=1S/C20H19ClFN7O2/c21-12-3-1-2-10(16(12)22)6-24-20(31)14-5-11-4-13(11)29(14)15(30)7-28-9-27-17-18(23)25-8-26-19(17)28/h1-3,8-9,11,13-14H,4-7H2,(H,24,31)(H2,23,25,26)/t11-,13-,14+/m1/s1. The Bertz CT molecular complexity index is 1200. The van der Waals surface area contributed by atoms with E-state index in [-0.39, 0.29) is 41.8 Å². The van der Waals surface area contributed by atoms with Gasteiger partial charge in [0.2, 0.25) is 11.8 Å². The number of likely N-dealkylation sites (tertiary alicyclic amines) is 1. The van der Waals surface area contributed by atoms with E-state index in [0.717, 1.165) is 6.42 Å². The largest absolute Gasteiger partial charge is 0.382 e. The van der Waals surface area contributed by atoms with E-state index in [4.69, 9.17) is 17.3 Å². The number of carbonyl (C=O) groups is 2. The Morgan fingerprint density at radius 1 is 1.26 bits per heavy atom. The van der Waals surface area contributed by atoms with E-state index in [0.29, 0.717) is 29.1 Å². The van der Waals surface area contributed by atoms with Gasteiger partial charge in [0.05, 0.1) is 11.3 Å². The molecule has 9 nitrogen and oxygen atoms in total. The van der Waals surface area contributed by atoms with Crippen LogP contribution in [-0.4, -0.2) is 48.3 Å². The maximum Gasteiger partial charge on any atom is 0.243 e. The van der Waals surface area contributed by atoms with Crippen LogP contribution in [-0.2, 0) is 22.7 Å².